The van der Waals surface area contributed by atoms with E-state index in [0.29, 0.717) is 34.4 Å². The predicted molar refractivity (Wildman–Crippen MR) is 154 cm³/mol. The van der Waals surface area contributed by atoms with Gasteiger partial charge in [-0.25, -0.2) is 9.79 Å². The van der Waals surface area contributed by atoms with Gasteiger partial charge in [-0.2, -0.15) is 0 Å². The van der Waals surface area contributed by atoms with Gasteiger partial charge in [-0.15, -0.1) is 0 Å². The number of para-hydroxylation sites is 2. The number of aromatic amines is 1. The van der Waals surface area contributed by atoms with Crippen molar-refractivity contribution >= 4 is 67.4 Å². The number of benzene rings is 3. The number of nitrogens with zero attached hydrogens (tertiary/aromatic N) is 2. The number of fused-ring (bicyclic) bond motifs is 1. The number of hydrogen-bond donors (Lipinski definition) is 1. The highest BCUT2D eigenvalue weighted by Crippen LogP contribution is 2.36. The molecule has 0 bridgehead atoms. The molecular formula is C29H24BrN3O4S. The van der Waals surface area contributed by atoms with Crippen LogP contribution in [-0.4, -0.2) is 47.2 Å². The van der Waals surface area contributed by atoms with Crippen LogP contribution in [-0.2, 0) is 20.7 Å². The number of ether oxygens (including phenoxy) is 2. The number of thioether (sulfide) groups is 1. The topological polar surface area (TPSA) is 84.0 Å². The van der Waals surface area contributed by atoms with E-state index >= 15 is 0 Å². The summed E-state index contributed by atoms with van der Waals surface area (Å²) >= 11 is 4.80. The molecule has 38 heavy (non-hydrogen) atoms. The second-order valence-corrected chi connectivity index (χ2v) is 10.4. The largest absolute Gasteiger partial charge is 0.481 e. The van der Waals surface area contributed by atoms with Crippen LogP contribution >= 0.6 is 27.7 Å². The van der Waals surface area contributed by atoms with Crippen molar-refractivity contribution in [3.8, 4) is 5.75 Å². The first-order chi connectivity index (χ1) is 18.5. The standard InChI is InChI=1S/C29H24BrN3O4S/c1-36-27(34)18-37-25-12-11-21(30)15-20(25)16-26-28(35)33(29(38-26)32-22-7-3-2-4-8-22)14-13-19-17-31-24-10-6-5-9-23(19)24/h2-12,15-17,31H,13-14,18H2,1H3. The number of amides is 1. The fourth-order valence-electron chi connectivity index (χ4n) is 4.07. The monoisotopic (exact) mass is 589 g/mol. The van der Waals surface area contributed by atoms with E-state index in [1.54, 1.807) is 17.0 Å². The summed E-state index contributed by atoms with van der Waals surface area (Å²) in [5.41, 5.74) is 3.64. The number of esters is 1. The predicted octanol–water partition coefficient (Wildman–Crippen LogP) is 6.33. The molecule has 0 saturated carbocycles. The molecule has 0 radical (unpaired) electrons. The number of H-pyrrole nitrogens is 1. The highest BCUT2D eigenvalue weighted by atomic mass is 79.9. The van der Waals surface area contributed by atoms with Gasteiger partial charge in [0.25, 0.3) is 5.91 Å². The van der Waals surface area contributed by atoms with Gasteiger partial charge in [0.05, 0.1) is 17.7 Å². The number of aromatic nitrogens is 1. The SMILES string of the molecule is COC(=O)COc1ccc(Br)cc1C=C1SC(=Nc2ccccc2)N(CCc2c[nH]c3ccccc23)C1=O. The lowest BCUT2D eigenvalue weighted by atomic mass is 10.1. The summed E-state index contributed by atoms with van der Waals surface area (Å²) in [6, 6.07) is 23.1. The number of aliphatic imine (C=N–C) groups is 1. The van der Waals surface area contributed by atoms with Crippen LogP contribution in [0.4, 0.5) is 5.69 Å². The fourth-order valence-corrected chi connectivity index (χ4v) is 5.47. The van der Waals surface area contributed by atoms with Crippen LogP contribution in [0.3, 0.4) is 0 Å². The van der Waals surface area contributed by atoms with Gasteiger partial charge in [0.15, 0.2) is 11.8 Å². The molecule has 192 valence electrons. The summed E-state index contributed by atoms with van der Waals surface area (Å²) in [5, 5.41) is 1.75. The maximum absolute atomic E-state index is 13.7. The van der Waals surface area contributed by atoms with Crippen LogP contribution in [0, 0.1) is 0 Å². The van der Waals surface area contributed by atoms with Crippen LogP contribution in [0.2, 0.25) is 0 Å². The summed E-state index contributed by atoms with van der Waals surface area (Å²) in [7, 11) is 1.31. The molecule has 1 fully saturated rings. The Bertz CT molecular complexity index is 1550. The lowest BCUT2D eigenvalue weighted by molar-refractivity contribution is -0.142. The normalized spacial score (nSPS) is 15.5. The van der Waals surface area contributed by atoms with Crippen LogP contribution in [0.25, 0.3) is 17.0 Å². The van der Waals surface area contributed by atoms with Gasteiger partial charge >= 0.3 is 5.97 Å². The average molecular weight is 590 g/mol. The van der Waals surface area contributed by atoms with Crippen molar-refractivity contribution in [2.75, 3.05) is 20.3 Å². The molecule has 3 aromatic carbocycles. The molecule has 1 amide bonds. The molecule has 1 aliphatic heterocycles. The summed E-state index contributed by atoms with van der Waals surface area (Å²) < 4.78 is 11.2. The van der Waals surface area contributed by atoms with Crippen molar-refractivity contribution in [3.05, 3.63) is 99.5 Å². The van der Waals surface area contributed by atoms with E-state index in [0.717, 1.165) is 26.6 Å². The molecule has 1 saturated heterocycles. The van der Waals surface area contributed by atoms with Crippen LogP contribution < -0.4 is 4.74 Å². The minimum atomic E-state index is -0.487. The number of carbonyl (C=O) groups excluding carboxylic acids is 2. The van der Waals surface area contributed by atoms with Crippen molar-refractivity contribution in [2.24, 2.45) is 4.99 Å². The molecule has 0 spiro atoms. The van der Waals surface area contributed by atoms with Crippen molar-refractivity contribution in [1.29, 1.82) is 0 Å². The number of amidine groups is 1. The molecule has 1 aliphatic rings. The van der Waals surface area contributed by atoms with E-state index < -0.39 is 5.97 Å². The van der Waals surface area contributed by atoms with E-state index in [-0.39, 0.29) is 12.5 Å². The van der Waals surface area contributed by atoms with Gasteiger partial charge < -0.3 is 14.5 Å². The molecule has 0 aliphatic carbocycles. The Balaban J connectivity index is 1.45. The third-order valence-electron chi connectivity index (χ3n) is 5.98. The minimum absolute atomic E-state index is 0.136. The third kappa shape index (κ3) is 5.84. The number of halogens is 1. The Morgan fingerprint density at radius 1 is 1.11 bits per heavy atom. The lowest BCUT2D eigenvalue weighted by Gasteiger charge is -2.15. The summed E-state index contributed by atoms with van der Waals surface area (Å²) in [5.74, 6) is -0.153. The third-order valence-corrected chi connectivity index (χ3v) is 7.48. The fraction of sp³-hybridized carbons (Fsp3) is 0.138. The Morgan fingerprint density at radius 2 is 1.89 bits per heavy atom. The van der Waals surface area contributed by atoms with Gasteiger partial charge in [-0.1, -0.05) is 52.3 Å². The Hall–Kier alpha value is -3.82. The lowest BCUT2D eigenvalue weighted by Crippen LogP contribution is -2.31. The van der Waals surface area contributed by atoms with E-state index in [1.165, 1.54) is 18.9 Å². The molecule has 7 nitrogen and oxygen atoms in total. The van der Waals surface area contributed by atoms with E-state index in [9.17, 15) is 9.59 Å². The molecule has 1 aromatic heterocycles. The minimum Gasteiger partial charge on any atom is -0.481 e. The number of nitrogens with one attached hydrogen (secondary N) is 1. The maximum Gasteiger partial charge on any atom is 0.343 e. The Morgan fingerprint density at radius 3 is 2.71 bits per heavy atom. The Labute approximate surface area is 232 Å². The molecule has 4 aromatic rings. The first kappa shape index (κ1) is 25.8. The van der Waals surface area contributed by atoms with Gasteiger partial charge in [-0.05, 0) is 66.2 Å². The molecular weight excluding hydrogens is 566 g/mol. The highest BCUT2D eigenvalue weighted by molar-refractivity contribution is 9.10. The maximum atomic E-state index is 13.7. The van der Waals surface area contributed by atoms with Crippen molar-refractivity contribution < 1.29 is 19.1 Å². The molecule has 0 unspecified atom stereocenters. The van der Waals surface area contributed by atoms with Crippen molar-refractivity contribution in [1.82, 2.24) is 9.88 Å². The zero-order valence-electron chi connectivity index (χ0n) is 20.5. The van der Waals surface area contributed by atoms with Gasteiger partial charge in [0, 0.05) is 33.7 Å². The summed E-state index contributed by atoms with van der Waals surface area (Å²) in [4.78, 5) is 35.6. The van der Waals surface area contributed by atoms with Crippen molar-refractivity contribution in [3.63, 3.8) is 0 Å². The number of hydrogen-bond acceptors (Lipinski definition) is 6. The zero-order valence-corrected chi connectivity index (χ0v) is 22.9. The molecule has 1 N–H and O–H groups in total. The van der Waals surface area contributed by atoms with Gasteiger partial charge in [-0.3, -0.25) is 9.69 Å². The smallest absolute Gasteiger partial charge is 0.343 e. The number of rotatable bonds is 8. The van der Waals surface area contributed by atoms with E-state index in [2.05, 4.69) is 31.7 Å². The summed E-state index contributed by atoms with van der Waals surface area (Å²) in [6.45, 7) is 0.244. The quantitative estimate of drug-likeness (QED) is 0.192. The Kier molecular flexibility index (Phi) is 7.95. The zero-order chi connectivity index (χ0) is 26.5. The van der Waals surface area contributed by atoms with Crippen LogP contribution in [0.1, 0.15) is 11.1 Å². The number of carbonyl (C=O) groups is 2. The second-order valence-electron chi connectivity index (χ2n) is 8.45. The molecule has 2 heterocycles. The molecule has 0 atom stereocenters. The van der Waals surface area contributed by atoms with Gasteiger partial charge in [0.2, 0.25) is 0 Å². The molecule has 9 heteroatoms. The van der Waals surface area contributed by atoms with E-state index in [4.69, 9.17) is 9.73 Å². The van der Waals surface area contributed by atoms with E-state index in [1.807, 2.05) is 66.9 Å². The summed E-state index contributed by atoms with van der Waals surface area (Å²) in [6.07, 6.45) is 4.44. The highest BCUT2D eigenvalue weighted by Gasteiger charge is 2.33. The van der Waals surface area contributed by atoms with Crippen LogP contribution in [0.15, 0.2) is 93.4 Å². The second kappa shape index (κ2) is 11.7. The van der Waals surface area contributed by atoms with Crippen LogP contribution in [0.5, 0.6) is 5.75 Å². The first-order valence-electron chi connectivity index (χ1n) is 11.9. The average Bonchev–Trinajstić information content (AvgIpc) is 3.47. The molecule has 5 rings (SSSR count). The number of methoxy groups -OCH3 is 1. The first-order valence-corrected chi connectivity index (χ1v) is 13.5. The van der Waals surface area contributed by atoms with Gasteiger partial charge in [0.1, 0.15) is 5.75 Å². The van der Waals surface area contributed by atoms with Crippen molar-refractivity contribution in [2.45, 2.75) is 6.42 Å².